The van der Waals surface area contributed by atoms with Gasteiger partial charge in [0.05, 0.1) is 4.92 Å². The summed E-state index contributed by atoms with van der Waals surface area (Å²) in [5.41, 5.74) is 0.0600. The first kappa shape index (κ1) is 14.4. The van der Waals surface area contributed by atoms with Gasteiger partial charge in [-0.25, -0.2) is 0 Å². The number of benzene rings is 1. The van der Waals surface area contributed by atoms with E-state index in [2.05, 4.69) is 31.4 Å². The number of halogens is 1. The summed E-state index contributed by atoms with van der Waals surface area (Å²) in [5.74, 6) is -0.825. The Morgan fingerprint density at radius 1 is 1.33 bits per heavy atom. The van der Waals surface area contributed by atoms with E-state index in [0.717, 1.165) is 18.7 Å². The molecule has 0 saturated heterocycles. The van der Waals surface area contributed by atoms with E-state index >= 15 is 0 Å². The van der Waals surface area contributed by atoms with Gasteiger partial charge in [-0.3, -0.25) is 10.1 Å². The molecule has 0 spiro atoms. The smallest absolute Gasteiger partial charge is 0.304 e. The average Bonchev–Trinajstić information content (AvgIpc) is 2.22. The first-order valence-corrected chi connectivity index (χ1v) is 5.72. The summed E-state index contributed by atoms with van der Waals surface area (Å²) < 4.78 is 13.3. The number of hydrogen-bond donors (Lipinski definition) is 2. The fraction of sp³-hybridized carbons (Fsp3) is 0.500. The van der Waals surface area contributed by atoms with Gasteiger partial charge in [-0.15, -0.1) is 0 Å². The molecule has 0 aliphatic rings. The molecule has 0 amide bonds. The Bertz CT molecular complexity index is 430. The fourth-order valence-electron chi connectivity index (χ4n) is 1.41. The highest BCUT2D eigenvalue weighted by Gasteiger charge is 2.13. The number of nitro benzene ring substituents is 1. The van der Waals surface area contributed by atoms with Crippen LogP contribution < -0.4 is 10.6 Å². The second-order valence-electron chi connectivity index (χ2n) is 5.03. The van der Waals surface area contributed by atoms with Crippen molar-refractivity contribution in [3.05, 3.63) is 34.1 Å². The molecule has 6 heteroatoms. The first-order valence-electron chi connectivity index (χ1n) is 5.72. The van der Waals surface area contributed by atoms with E-state index in [9.17, 15) is 14.5 Å². The summed E-state index contributed by atoms with van der Waals surface area (Å²) in [6.07, 6.45) is 0. The van der Waals surface area contributed by atoms with Crippen LogP contribution >= 0.6 is 0 Å². The van der Waals surface area contributed by atoms with Gasteiger partial charge in [0.25, 0.3) is 0 Å². The van der Waals surface area contributed by atoms with Gasteiger partial charge in [-0.1, -0.05) is 0 Å². The number of nitro groups is 1. The van der Waals surface area contributed by atoms with Crippen molar-refractivity contribution in [1.29, 1.82) is 0 Å². The molecule has 0 unspecified atom stereocenters. The van der Waals surface area contributed by atoms with Crippen LogP contribution in [0.2, 0.25) is 0 Å². The van der Waals surface area contributed by atoms with Crippen LogP contribution in [0.5, 0.6) is 0 Å². The molecule has 0 radical (unpaired) electrons. The molecule has 2 N–H and O–H groups in total. The molecule has 0 fully saturated rings. The largest absolute Gasteiger partial charge is 0.384 e. The number of nitrogens with zero attached hydrogens (tertiary/aromatic N) is 1. The van der Waals surface area contributed by atoms with Crippen molar-refractivity contribution in [1.82, 2.24) is 5.32 Å². The lowest BCUT2D eigenvalue weighted by molar-refractivity contribution is -0.387. The molecule has 0 bridgehead atoms. The lowest BCUT2D eigenvalue weighted by Gasteiger charge is -2.20. The van der Waals surface area contributed by atoms with Crippen LogP contribution in [-0.2, 0) is 0 Å². The molecule has 0 saturated carbocycles. The Labute approximate surface area is 106 Å². The zero-order valence-corrected chi connectivity index (χ0v) is 10.8. The molecule has 1 aromatic rings. The van der Waals surface area contributed by atoms with E-state index in [0.29, 0.717) is 12.2 Å². The molecule has 1 aromatic carbocycles. The summed E-state index contributed by atoms with van der Waals surface area (Å²) >= 11 is 0. The standard InChI is InChI=1S/C12H18FN3O2/c1-12(2,3)15-7-6-14-9-4-5-11(16(17)18)10(13)8-9/h4-5,8,14-15H,6-7H2,1-3H3. The summed E-state index contributed by atoms with van der Waals surface area (Å²) in [7, 11) is 0. The molecular formula is C12H18FN3O2. The lowest BCUT2D eigenvalue weighted by Crippen LogP contribution is -2.38. The second-order valence-corrected chi connectivity index (χ2v) is 5.03. The van der Waals surface area contributed by atoms with Gasteiger partial charge in [0.2, 0.25) is 5.82 Å². The van der Waals surface area contributed by atoms with E-state index in [1.165, 1.54) is 6.07 Å². The Balaban J connectivity index is 2.49. The molecule has 5 nitrogen and oxygen atoms in total. The van der Waals surface area contributed by atoms with Crippen molar-refractivity contribution in [2.75, 3.05) is 18.4 Å². The molecule has 100 valence electrons. The molecule has 18 heavy (non-hydrogen) atoms. The fourth-order valence-corrected chi connectivity index (χ4v) is 1.41. The number of rotatable bonds is 5. The van der Waals surface area contributed by atoms with Gasteiger partial charge < -0.3 is 10.6 Å². The normalized spacial score (nSPS) is 11.3. The highest BCUT2D eigenvalue weighted by molar-refractivity contribution is 5.49. The predicted molar refractivity (Wildman–Crippen MR) is 69.3 cm³/mol. The van der Waals surface area contributed by atoms with E-state index < -0.39 is 16.4 Å². The Morgan fingerprint density at radius 3 is 2.50 bits per heavy atom. The third-order valence-electron chi connectivity index (χ3n) is 2.25. The zero-order chi connectivity index (χ0) is 13.8. The van der Waals surface area contributed by atoms with Crippen LogP contribution in [0.1, 0.15) is 20.8 Å². The Kier molecular flexibility index (Phi) is 4.61. The van der Waals surface area contributed by atoms with Crippen molar-refractivity contribution in [2.24, 2.45) is 0 Å². The van der Waals surface area contributed by atoms with Crippen LogP contribution in [0.4, 0.5) is 15.8 Å². The summed E-state index contributed by atoms with van der Waals surface area (Å²) in [6, 6.07) is 3.79. The summed E-state index contributed by atoms with van der Waals surface area (Å²) in [4.78, 5) is 9.70. The van der Waals surface area contributed by atoms with Gasteiger partial charge in [-0.2, -0.15) is 4.39 Å². The van der Waals surface area contributed by atoms with Gasteiger partial charge in [0, 0.05) is 36.4 Å². The van der Waals surface area contributed by atoms with Gasteiger partial charge in [0.1, 0.15) is 0 Å². The van der Waals surface area contributed by atoms with Crippen LogP contribution in [0, 0.1) is 15.9 Å². The molecular weight excluding hydrogens is 237 g/mol. The van der Waals surface area contributed by atoms with E-state index in [4.69, 9.17) is 0 Å². The van der Waals surface area contributed by atoms with Gasteiger partial charge in [0.15, 0.2) is 0 Å². The highest BCUT2D eigenvalue weighted by atomic mass is 19.1. The monoisotopic (exact) mass is 255 g/mol. The maximum atomic E-state index is 13.3. The molecule has 1 rings (SSSR count). The zero-order valence-electron chi connectivity index (χ0n) is 10.8. The summed E-state index contributed by atoms with van der Waals surface area (Å²) in [6.45, 7) is 7.51. The minimum atomic E-state index is -0.825. The Morgan fingerprint density at radius 2 is 2.00 bits per heavy atom. The molecule has 0 aliphatic heterocycles. The van der Waals surface area contributed by atoms with Crippen LogP contribution in [0.25, 0.3) is 0 Å². The van der Waals surface area contributed by atoms with Crippen LogP contribution in [-0.4, -0.2) is 23.6 Å². The third-order valence-corrected chi connectivity index (χ3v) is 2.25. The van der Waals surface area contributed by atoms with Crippen molar-refractivity contribution < 1.29 is 9.31 Å². The third kappa shape index (κ3) is 4.67. The minimum Gasteiger partial charge on any atom is -0.384 e. The SMILES string of the molecule is CC(C)(C)NCCNc1ccc([N+](=O)[O-])c(F)c1. The van der Waals surface area contributed by atoms with Crippen molar-refractivity contribution >= 4 is 11.4 Å². The predicted octanol–water partition coefficient (Wildman–Crippen LogP) is 2.53. The van der Waals surface area contributed by atoms with E-state index in [-0.39, 0.29) is 5.54 Å². The minimum absolute atomic E-state index is 0.0302. The molecule has 0 heterocycles. The van der Waals surface area contributed by atoms with E-state index in [1.54, 1.807) is 0 Å². The van der Waals surface area contributed by atoms with Gasteiger partial charge in [-0.05, 0) is 26.8 Å². The second kappa shape index (κ2) is 5.77. The number of nitrogens with one attached hydrogen (secondary N) is 2. The van der Waals surface area contributed by atoms with Crippen LogP contribution in [0.3, 0.4) is 0 Å². The highest BCUT2D eigenvalue weighted by Crippen LogP contribution is 2.20. The topological polar surface area (TPSA) is 67.2 Å². The van der Waals surface area contributed by atoms with Gasteiger partial charge >= 0.3 is 5.69 Å². The molecule has 0 atom stereocenters. The number of anilines is 1. The quantitative estimate of drug-likeness (QED) is 0.482. The lowest BCUT2D eigenvalue weighted by atomic mass is 10.1. The summed E-state index contributed by atoms with van der Waals surface area (Å²) in [5, 5.41) is 16.7. The molecule has 0 aromatic heterocycles. The van der Waals surface area contributed by atoms with Crippen molar-refractivity contribution in [3.63, 3.8) is 0 Å². The maximum Gasteiger partial charge on any atom is 0.304 e. The van der Waals surface area contributed by atoms with Crippen LogP contribution in [0.15, 0.2) is 18.2 Å². The molecule has 0 aliphatic carbocycles. The van der Waals surface area contributed by atoms with Crippen molar-refractivity contribution in [2.45, 2.75) is 26.3 Å². The Hall–Kier alpha value is -1.69. The van der Waals surface area contributed by atoms with E-state index in [1.807, 2.05) is 0 Å². The maximum absolute atomic E-state index is 13.3. The van der Waals surface area contributed by atoms with Crippen molar-refractivity contribution in [3.8, 4) is 0 Å². The average molecular weight is 255 g/mol. The number of hydrogen-bond acceptors (Lipinski definition) is 4. The first-order chi connectivity index (χ1) is 8.29.